The number of hydrogen-bond acceptors (Lipinski definition) is 6. The third-order valence-electron chi connectivity index (χ3n) is 3.20. The van der Waals surface area contributed by atoms with Crippen LogP contribution in [0.15, 0.2) is 34.2 Å². The van der Waals surface area contributed by atoms with E-state index in [1.165, 1.54) is 0 Å². The smallest absolute Gasteiger partial charge is 0.274 e. The van der Waals surface area contributed by atoms with Gasteiger partial charge in [-0.25, -0.2) is 5.43 Å². The zero-order valence-corrected chi connectivity index (χ0v) is 14.1. The highest BCUT2D eigenvalue weighted by molar-refractivity contribution is 5.80. The second kappa shape index (κ2) is 6.60. The van der Waals surface area contributed by atoms with Crippen molar-refractivity contribution in [1.29, 1.82) is 0 Å². The Balaban J connectivity index is 2.06. The van der Waals surface area contributed by atoms with E-state index in [0.717, 1.165) is 11.3 Å². The van der Waals surface area contributed by atoms with Crippen molar-refractivity contribution in [1.82, 2.24) is 15.2 Å². The predicted octanol–water partition coefficient (Wildman–Crippen LogP) is 1.97. The van der Waals surface area contributed by atoms with Crippen LogP contribution in [-0.4, -0.2) is 35.5 Å². The molecule has 0 aliphatic rings. The zero-order chi connectivity index (χ0) is 17.0. The Bertz CT molecular complexity index is 740. The molecule has 2 rings (SSSR count). The first-order chi connectivity index (χ1) is 10.8. The summed E-state index contributed by atoms with van der Waals surface area (Å²) >= 11 is 0. The van der Waals surface area contributed by atoms with Gasteiger partial charge in [0.2, 0.25) is 5.95 Å². The molecular formula is C16H22N6O. The van der Waals surface area contributed by atoms with Crippen molar-refractivity contribution in [3.63, 3.8) is 0 Å². The van der Waals surface area contributed by atoms with E-state index in [4.69, 9.17) is 0 Å². The molecule has 0 saturated heterocycles. The van der Waals surface area contributed by atoms with Crippen LogP contribution in [0.1, 0.15) is 32.0 Å². The van der Waals surface area contributed by atoms with Gasteiger partial charge < -0.3 is 4.90 Å². The van der Waals surface area contributed by atoms with Gasteiger partial charge in [0.25, 0.3) is 5.56 Å². The minimum Gasteiger partial charge on any atom is -0.378 e. The Morgan fingerprint density at radius 1 is 1.17 bits per heavy atom. The lowest BCUT2D eigenvalue weighted by atomic mass is 9.93. The van der Waals surface area contributed by atoms with Gasteiger partial charge in [0, 0.05) is 25.2 Å². The molecule has 0 fully saturated rings. The van der Waals surface area contributed by atoms with Crippen LogP contribution in [0.4, 0.5) is 11.6 Å². The summed E-state index contributed by atoms with van der Waals surface area (Å²) in [4.78, 5) is 16.6. The van der Waals surface area contributed by atoms with Crippen LogP contribution >= 0.6 is 0 Å². The zero-order valence-electron chi connectivity index (χ0n) is 14.1. The average molecular weight is 314 g/mol. The number of anilines is 2. The molecule has 7 nitrogen and oxygen atoms in total. The van der Waals surface area contributed by atoms with Gasteiger partial charge in [-0.1, -0.05) is 32.9 Å². The lowest BCUT2D eigenvalue weighted by Gasteiger charge is -2.15. The largest absolute Gasteiger partial charge is 0.378 e. The van der Waals surface area contributed by atoms with Crippen molar-refractivity contribution in [2.24, 2.45) is 5.10 Å². The van der Waals surface area contributed by atoms with Crippen molar-refractivity contribution in [2.75, 3.05) is 24.4 Å². The maximum atomic E-state index is 12.0. The highest BCUT2D eigenvalue weighted by Gasteiger charge is 2.20. The molecule has 0 aliphatic carbocycles. The fourth-order valence-electron chi connectivity index (χ4n) is 1.90. The molecule has 1 aromatic carbocycles. The Labute approximate surface area is 135 Å². The summed E-state index contributed by atoms with van der Waals surface area (Å²) in [6, 6.07) is 7.91. The molecule has 1 aromatic heterocycles. The fraction of sp³-hybridized carbons (Fsp3) is 0.375. The number of rotatable bonds is 4. The fourth-order valence-corrected chi connectivity index (χ4v) is 1.90. The molecular weight excluding hydrogens is 292 g/mol. The van der Waals surface area contributed by atoms with Crippen molar-refractivity contribution >= 4 is 17.9 Å². The summed E-state index contributed by atoms with van der Waals surface area (Å²) < 4.78 is 0. The molecule has 122 valence electrons. The second-order valence-electron chi connectivity index (χ2n) is 6.46. The number of nitrogens with zero attached hydrogens (tertiary/aromatic N) is 4. The molecule has 0 atom stereocenters. The van der Waals surface area contributed by atoms with Crippen LogP contribution in [0, 0.1) is 0 Å². The third kappa shape index (κ3) is 4.38. The van der Waals surface area contributed by atoms with E-state index in [1.807, 2.05) is 64.0 Å². The van der Waals surface area contributed by atoms with Crippen LogP contribution in [0.3, 0.4) is 0 Å². The molecule has 0 bridgehead atoms. The van der Waals surface area contributed by atoms with Crippen molar-refractivity contribution in [3.8, 4) is 0 Å². The number of aromatic amines is 1. The third-order valence-corrected chi connectivity index (χ3v) is 3.20. The van der Waals surface area contributed by atoms with Crippen molar-refractivity contribution < 1.29 is 0 Å². The van der Waals surface area contributed by atoms with Gasteiger partial charge in [0.15, 0.2) is 0 Å². The monoisotopic (exact) mass is 314 g/mol. The van der Waals surface area contributed by atoms with E-state index in [9.17, 15) is 4.79 Å². The van der Waals surface area contributed by atoms with E-state index in [0.29, 0.717) is 5.69 Å². The average Bonchev–Trinajstić information content (AvgIpc) is 2.46. The minimum atomic E-state index is -0.351. The summed E-state index contributed by atoms with van der Waals surface area (Å²) in [5.74, 6) is 0.212. The van der Waals surface area contributed by atoms with Crippen molar-refractivity contribution in [2.45, 2.75) is 26.2 Å². The number of hydrazone groups is 1. The number of H-pyrrole nitrogens is 1. The SMILES string of the molecule is CN(C)c1ccc(/C=N/Nc2nnc(C(C)(C)C)c(=O)[nH]2)cc1. The standard InChI is InChI=1S/C16H22N6O/c1-16(2,3)13-14(23)18-15(21-19-13)20-17-10-11-6-8-12(9-7-11)22(4)5/h6-10H,1-5H3,(H2,18,20,21,23)/b17-10+. The molecule has 0 amide bonds. The molecule has 0 aliphatic heterocycles. The van der Waals surface area contributed by atoms with Crippen LogP contribution in [0.5, 0.6) is 0 Å². The molecule has 23 heavy (non-hydrogen) atoms. The number of aromatic nitrogens is 3. The normalized spacial score (nSPS) is 11.7. The predicted molar refractivity (Wildman–Crippen MR) is 93.3 cm³/mol. The quantitative estimate of drug-likeness (QED) is 0.665. The summed E-state index contributed by atoms with van der Waals surface area (Å²) in [5.41, 5.74) is 4.51. The topological polar surface area (TPSA) is 86.3 Å². The molecule has 2 aromatic rings. The van der Waals surface area contributed by atoms with E-state index in [1.54, 1.807) is 6.21 Å². The molecule has 1 heterocycles. The van der Waals surface area contributed by atoms with Gasteiger partial charge in [-0.15, -0.1) is 10.2 Å². The molecule has 0 saturated carbocycles. The van der Waals surface area contributed by atoms with Crippen LogP contribution < -0.4 is 15.9 Å². The molecule has 2 N–H and O–H groups in total. The van der Waals surface area contributed by atoms with Gasteiger partial charge in [-0.2, -0.15) is 5.10 Å². The lowest BCUT2D eigenvalue weighted by molar-refractivity contribution is 0.547. The summed E-state index contributed by atoms with van der Waals surface area (Å²) in [7, 11) is 3.97. The van der Waals surface area contributed by atoms with E-state index < -0.39 is 0 Å². The summed E-state index contributed by atoms with van der Waals surface area (Å²) in [6.07, 6.45) is 1.65. The summed E-state index contributed by atoms with van der Waals surface area (Å²) in [6.45, 7) is 5.73. The Hall–Kier alpha value is -2.70. The highest BCUT2D eigenvalue weighted by Crippen LogP contribution is 2.15. The van der Waals surface area contributed by atoms with Crippen LogP contribution in [-0.2, 0) is 5.41 Å². The number of hydrogen-bond donors (Lipinski definition) is 2. The van der Waals surface area contributed by atoms with Gasteiger partial charge in [-0.3, -0.25) is 9.78 Å². The van der Waals surface area contributed by atoms with E-state index >= 15 is 0 Å². The second-order valence-corrected chi connectivity index (χ2v) is 6.46. The molecule has 0 unspecified atom stereocenters. The molecule has 7 heteroatoms. The Morgan fingerprint density at radius 3 is 2.35 bits per heavy atom. The van der Waals surface area contributed by atoms with Crippen LogP contribution in [0.2, 0.25) is 0 Å². The number of benzene rings is 1. The van der Waals surface area contributed by atoms with Gasteiger partial charge in [-0.05, 0) is 17.7 Å². The van der Waals surface area contributed by atoms with Gasteiger partial charge in [0.05, 0.1) is 6.21 Å². The first kappa shape index (κ1) is 16.7. The molecule has 0 radical (unpaired) electrons. The molecule has 0 spiro atoms. The van der Waals surface area contributed by atoms with E-state index in [-0.39, 0.29) is 16.9 Å². The maximum absolute atomic E-state index is 12.0. The maximum Gasteiger partial charge on any atom is 0.274 e. The lowest BCUT2D eigenvalue weighted by Crippen LogP contribution is -2.28. The van der Waals surface area contributed by atoms with Crippen molar-refractivity contribution in [3.05, 3.63) is 45.9 Å². The van der Waals surface area contributed by atoms with Gasteiger partial charge >= 0.3 is 0 Å². The van der Waals surface area contributed by atoms with Crippen LogP contribution in [0.25, 0.3) is 0 Å². The van der Waals surface area contributed by atoms with Gasteiger partial charge in [0.1, 0.15) is 5.69 Å². The van der Waals surface area contributed by atoms with E-state index in [2.05, 4.69) is 25.7 Å². The summed E-state index contributed by atoms with van der Waals surface area (Å²) in [5, 5.41) is 12.0. The highest BCUT2D eigenvalue weighted by atomic mass is 16.1. The first-order valence-electron chi connectivity index (χ1n) is 7.31. The minimum absolute atomic E-state index is 0.212. The Kier molecular flexibility index (Phi) is 4.78. The first-order valence-corrected chi connectivity index (χ1v) is 7.31. The number of nitrogens with one attached hydrogen (secondary N) is 2. The Morgan fingerprint density at radius 2 is 1.83 bits per heavy atom.